The monoisotopic (exact) mass is 279 g/mol. The molecule has 114 valence electrons. The fraction of sp³-hybridized carbons (Fsp3) is 0.625. The molecular weight excluding hydrogens is 250 g/mol. The van der Waals surface area contributed by atoms with E-state index in [0.29, 0.717) is 6.54 Å². The summed E-state index contributed by atoms with van der Waals surface area (Å²) in [7, 11) is 4.16. The highest BCUT2D eigenvalue weighted by molar-refractivity contribution is 5.23. The molecule has 0 fully saturated rings. The molecule has 0 radical (unpaired) electrons. The van der Waals surface area contributed by atoms with Crippen LogP contribution in [0.2, 0.25) is 0 Å². The Kier molecular flexibility index (Phi) is 7.16. The lowest BCUT2D eigenvalue weighted by Gasteiger charge is -2.33. The fourth-order valence-corrected chi connectivity index (χ4v) is 2.35. The number of hydrogen-bond acceptors (Lipinski definition) is 4. The minimum Gasteiger partial charge on any atom is -0.382 e. The van der Waals surface area contributed by atoms with Gasteiger partial charge in [0, 0.05) is 13.1 Å². The summed E-state index contributed by atoms with van der Waals surface area (Å²) in [5, 5.41) is 10.8. The van der Waals surface area contributed by atoms with Crippen LogP contribution < -0.4 is 5.73 Å². The summed E-state index contributed by atoms with van der Waals surface area (Å²) in [6, 6.07) is 9.73. The summed E-state index contributed by atoms with van der Waals surface area (Å²) in [6.07, 6.45) is 1.09. The third-order valence-electron chi connectivity index (χ3n) is 3.66. The van der Waals surface area contributed by atoms with E-state index < -0.39 is 5.60 Å². The number of nitrogens with zero attached hydrogens (tertiary/aromatic N) is 2. The number of likely N-dealkylation sites (N-methyl/N-ethyl adjacent to an activating group) is 1. The first kappa shape index (κ1) is 17.1. The van der Waals surface area contributed by atoms with Crippen molar-refractivity contribution in [3.63, 3.8) is 0 Å². The van der Waals surface area contributed by atoms with E-state index in [4.69, 9.17) is 5.73 Å². The van der Waals surface area contributed by atoms with Gasteiger partial charge in [0.1, 0.15) is 5.60 Å². The number of hydrogen-bond donors (Lipinski definition) is 2. The maximum absolute atomic E-state index is 10.8. The maximum atomic E-state index is 10.8. The topological polar surface area (TPSA) is 52.7 Å². The molecule has 0 aliphatic heterocycles. The highest BCUT2D eigenvalue weighted by Gasteiger charge is 2.29. The van der Waals surface area contributed by atoms with Gasteiger partial charge in [-0.2, -0.15) is 0 Å². The number of nitrogens with two attached hydrogens (primary N) is 1. The van der Waals surface area contributed by atoms with Crippen molar-refractivity contribution in [1.29, 1.82) is 0 Å². The van der Waals surface area contributed by atoms with Gasteiger partial charge in [0.05, 0.1) is 0 Å². The van der Waals surface area contributed by atoms with Crippen LogP contribution in [0.3, 0.4) is 0 Å². The maximum Gasteiger partial charge on any atom is 0.114 e. The predicted octanol–water partition coefficient (Wildman–Crippen LogP) is 1.11. The van der Waals surface area contributed by atoms with Crippen molar-refractivity contribution >= 4 is 0 Å². The van der Waals surface area contributed by atoms with Gasteiger partial charge in [-0.1, -0.05) is 37.3 Å². The Labute approximate surface area is 123 Å². The summed E-state index contributed by atoms with van der Waals surface area (Å²) in [6.45, 7) is 5.89. The normalized spacial score (nSPS) is 14.8. The molecule has 0 aromatic heterocycles. The van der Waals surface area contributed by atoms with Crippen LogP contribution in [0.4, 0.5) is 0 Å². The first-order valence-electron chi connectivity index (χ1n) is 7.37. The zero-order chi connectivity index (χ0) is 15.0. The molecule has 1 rings (SSSR count). The van der Waals surface area contributed by atoms with Crippen LogP contribution in [0.5, 0.6) is 0 Å². The Morgan fingerprint density at radius 3 is 2.30 bits per heavy atom. The molecular formula is C16H29N3O. The molecule has 0 saturated heterocycles. The van der Waals surface area contributed by atoms with Crippen molar-refractivity contribution < 1.29 is 5.11 Å². The van der Waals surface area contributed by atoms with Crippen LogP contribution in [0.25, 0.3) is 0 Å². The molecule has 0 aliphatic carbocycles. The minimum atomic E-state index is -0.963. The molecule has 0 aliphatic rings. The van der Waals surface area contributed by atoms with E-state index in [1.54, 1.807) is 0 Å². The van der Waals surface area contributed by atoms with Gasteiger partial charge < -0.3 is 20.6 Å². The zero-order valence-electron chi connectivity index (χ0n) is 13.0. The van der Waals surface area contributed by atoms with E-state index >= 15 is 0 Å². The third-order valence-corrected chi connectivity index (χ3v) is 3.66. The smallest absolute Gasteiger partial charge is 0.114 e. The average molecular weight is 279 g/mol. The average Bonchev–Trinajstić information content (AvgIpc) is 2.46. The largest absolute Gasteiger partial charge is 0.382 e. The van der Waals surface area contributed by atoms with Crippen molar-refractivity contribution in [2.45, 2.75) is 18.9 Å². The molecule has 1 atom stereocenters. The molecule has 1 unspecified atom stereocenters. The summed E-state index contributed by atoms with van der Waals surface area (Å²) in [5.74, 6) is 0. The number of benzene rings is 1. The molecule has 0 amide bonds. The molecule has 0 bridgehead atoms. The highest BCUT2D eigenvalue weighted by atomic mass is 16.3. The lowest BCUT2D eigenvalue weighted by atomic mass is 9.93. The van der Waals surface area contributed by atoms with Gasteiger partial charge >= 0.3 is 0 Å². The van der Waals surface area contributed by atoms with Gasteiger partial charge in [-0.05, 0) is 45.7 Å². The van der Waals surface area contributed by atoms with E-state index in [-0.39, 0.29) is 6.54 Å². The fourth-order valence-electron chi connectivity index (χ4n) is 2.35. The van der Waals surface area contributed by atoms with Crippen molar-refractivity contribution in [2.75, 3.05) is 46.8 Å². The molecule has 3 N–H and O–H groups in total. The van der Waals surface area contributed by atoms with Gasteiger partial charge in [0.25, 0.3) is 0 Å². The van der Waals surface area contributed by atoms with Gasteiger partial charge in [0.2, 0.25) is 0 Å². The van der Waals surface area contributed by atoms with Crippen molar-refractivity contribution in [1.82, 2.24) is 9.80 Å². The standard InChI is InChI=1S/C16H29N3O/c1-4-19(12-8-11-18(2)3)14-16(20,13-17)15-9-6-5-7-10-15/h5-7,9-10,20H,4,8,11-14,17H2,1-3H3. The van der Waals surface area contributed by atoms with Crippen molar-refractivity contribution in [3.8, 4) is 0 Å². The van der Waals surface area contributed by atoms with Gasteiger partial charge in [-0.3, -0.25) is 0 Å². The summed E-state index contributed by atoms with van der Waals surface area (Å²) in [4.78, 5) is 4.45. The second kappa shape index (κ2) is 8.37. The van der Waals surface area contributed by atoms with Crippen LogP contribution in [-0.2, 0) is 5.60 Å². The second-order valence-electron chi connectivity index (χ2n) is 5.63. The molecule has 4 nitrogen and oxygen atoms in total. The van der Waals surface area contributed by atoms with Crippen LogP contribution in [0.1, 0.15) is 18.9 Å². The predicted molar refractivity (Wildman–Crippen MR) is 84.7 cm³/mol. The number of aliphatic hydroxyl groups is 1. The van der Waals surface area contributed by atoms with E-state index in [9.17, 15) is 5.11 Å². The Bertz CT molecular complexity index is 369. The van der Waals surface area contributed by atoms with E-state index in [2.05, 4.69) is 30.8 Å². The first-order chi connectivity index (χ1) is 9.51. The second-order valence-corrected chi connectivity index (χ2v) is 5.63. The van der Waals surface area contributed by atoms with E-state index in [0.717, 1.165) is 31.6 Å². The molecule has 0 saturated carbocycles. The van der Waals surface area contributed by atoms with Crippen molar-refractivity contribution in [3.05, 3.63) is 35.9 Å². The SMILES string of the molecule is CCN(CCCN(C)C)CC(O)(CN)c1ccccc1. The van der Waals surface area contributed by atoms with E-state index in [1.165, 1.54) is 0 Å². The Balaban J connectivity index is 2.65. The number of rotatable bonds is 9. The zero-order valence-corrected chi connectivity index (χ0v) is 13.0. The summed E-state index contributed by atoms with van der Waals surface area (Å²) >= 11 is 0. The van der Waals surface area contributed by atoms with Crippen molar-refractivity contribution in [2.24, 2.45) is 5.73 Å². The van der Waals surface area contributed by atoms with Crippen LogP contribution in [0.15, 0.2) is 30.3 Å². The molecule has 0 heterocycles. The first-order valence-corrected chi connectivity index (χ1v) is 7.37. The lowest BCUT2D eigenvalue weighted by molar-refractivity contribution is 0.00748. The Hall–Kier alpha value is -0.940. The molecule has 1 aromatic rings. The lowest BCUT2D eigenvalue weighted by Crippen LogP contribution is -2.46. The Morgan fingerprint density at radius 2 is 1.80 bits per heavy atom. The minimum absolute atomic E-state index is 0.237. The quantitative estimate of drug-likeness (QED) is 0.711. The molecule has 4 heteroatoms. The van der Waals surface area contributed by atoms with Gasteiger partial charge in [-0.25, -0.2) is 0 Å². The van der Waals surface area contributed by atoms with Crippen LogP contribution >= 0.6 is 0 Å². The van der Waals surface area contributed by atoms with Gasteiger partial charge in [0.15, 0.2) is 0 Å². The summed E-state index contributed by atoms with van der Waals surface area (Å²) < 4.78 is 0. The Morgan fingerprint density at radius 1 is 1.15 bits per heavy atom. The van der Waals surface area contributed by atoms with E-state index in [1.807, 2.05) is 30.3 Å². The molecule has 0 spiro atoms. The summed E-state index contributed by atoms with van der Waals surface area (Å²) in [5.41, 5.74) is 5.77. The molecule has 20 heavy (non-hydrogen) atoms. The highest BCUT2D eigenvalue weighted by Crippen LogP contribution is 2.21. The van der Waals surface area contributed by atoms with Crippen LogP contribution in [-0.4, -0.2) is 61.7 Å². The van der Waals surface area contributed by atoms with Crippen LogP contribution in [0, 0.1) is 0 Å². The van der Waals surface area contributed by atoms with Gasteiger partial charge in [-0.15, -0.1) is 0 Å². The third kappa shape index (κ3) is 5.21. The molecule has 1 aromatic carbocycles.